The van der Waals surface area contributed by atoms with Gasteiger partial charge in [0.25, 0.3) is 0 Å². The molecule has 0 saturated carbocycles. The fourth-order valence-electron chi connectivity index (χ4n) is 2.96. The van der Waals surface area contributed by atoms with Gasteiger partial charge in [-0.2, -0.15) is 0 Å². The predicted molar refractivity (Wildman–Crippen MR) is 97.7 cm³/mol. The number of nitrogens with one attached hydrogen (secondary N) is 2. The second-order valence-corrected chi connectivity index (χ2v) is 6.10. The van der Waals surface area contributed by atoms with Crippen molar-refractivity contribution in [2.45, 2.75) is 38.3 Å². The zero-order valence-corrected chi connectivity index (χ0v) is 15.9. The van der Waals surface area contributed by atoms with E-state index in [-0.39, 0.29) is 30.3 Å². The number of hydrogen-bond donors (Lipinski definition) is 2. The lowest BCUT2D eigenvalue weighted by atomic mass is 9.86. The lowest BCUT2D eigenvalue weighted by molar-refractivity contribution is -0.133. The maximum Gasteiger partial charge on any atom is 0.249 e. The Bertz CT molecular complexity index is 577. The van der Waals surface area contributed by atoms with Gasteiger partial charge in [-0.25, -0.2) is 8.78 Å². The van der Waals surface area contributed by atoms with Gasteiger partial charge < -0.3 is 20.1 Å². The molecule has 0 aromatic heterocycles. The minimum atomic E-state index is -0.867. The molecule has 1 aliphatic rings. The molecule has 2 rings (SSSR count). The van der Waals surface area contributed by atoms with Gasteiger partial charge in [0.05, 0.1) is 13.2 Å². The van der Waals surface area contributed by atoms with Gasteiger partial charge >= 0.3 is 0 Å². The third-order valence-corrected chi connectivity index (χ3v) is 4.35. The lowest BCUT2D eigenvalue weighted by Crippen LogP contribution is -2.52. The Morgan fingerprint density at radius 3 is 2.81 bits per heavy atom. The summed E-state index contributed by atoms with van der Waals surface area (Å²) in [4.78, 5) is 12.3. The molecule has 26 heavy (non-hydrogen) atoms. The SMILES string of the molecule is CCOCCOC(C)C(=O)NC1CNCCC1c1ccc(F)c(F)c1.Cl. The first-order valence-electron chi connectivity index (χ1n) is 8.68. The van der Waals surface area contributed by atoms with Gasteiger partial charge in [-0.3, -0.25) is 4.79 Å². The molecule has 0 aliphatic carbocycles. The fraction of sp³-hybridized carbons (Fsp3) is 0.611. The van der Waals surface area contributed by atoms with Crippen LogP contribution in [0, 0.1) is 11.6 Å². The largest absolute Gasteiger partial charge is 0.379 e. The van der Waals surface area contributed by atoms with E-state index in [4.69, 9.17) is 9.47 Å². The normalized spacial score (nSPS) is 20.9. The van der Waals surface area contributed by atoms with Crippen LogP contribution in [0.15, 0.2) is 18.2 Å². The van der Waals surface area contributed by atoms with Crippen LogP contribution in [0.4, 0.5) is 8.78 Å². The molecule has 1 aromatic carbocycles. The zero-order valence-electron chi connectivity index (χ0n) is 15.1. The van der Waals surface area contributed by atoms with Crippen molar-refractivity contribution in [3.8, 4) is 0 Å². The average Bonchev–Trinajstić information content (AvgIpc) is 2.61. The molecule has 0 bridgehead atoms. The molecule has 1 fully saturated rings. The van der Waals surface area contributed by atoms with Crippen LogP contribution < -0.4 is 10.6 Å². The molecular weight excluding hydrogens is 366 g/mol. The Balaban J connectivity index is 0.00000338. The molecule has 148 valence electrons. The topological polar surface area (TPSA) is 59.6 Å². The number of carbonyl (C=O) groups is 1. The van der Waals surface area contributed by atoms with E-state index in [1.807, 2.05) is 6.92 Å². The first-order valence-corrected chi connectivity index (χ1v) is 8.68. The minimum Gasteiger partial charge on any atom is -0.379 e. The maximum absolute atomic E-state index is 13.5. The predicted octanol–water partition coefficient (Wildman–Crippen LogP) is 2.39. The second kappa shape index (κ2) is 11.4. The van der Waals surface area contributed by atoms with Gasteiger partial charge in [0.15, 0.2) is 11.6 Å². The Labute approximate surface area is 159 Å². The summed E-state index contributed by atoms with van der Waals surface area (Å²) >= 11 is 0. The van der Waals surface area contributed by atoms with E-state index in [2.05, 4.69) is 10.6 Å². The number of carbonyl (C=O) groups excluding carboxylic acids is 1. The summed E-state index contributed by atoms with van der Waals surface area (Å²) < 4.78 is 37.3. The molecule has 1 amide bonds. The number of amides is 1. The Hall–Kier alpha value is -1.28. The van der Waals surface area contributed by atoms with Gasteiger partial charge in [0.2, 0.25) is 5.91 Å². The lowest BCUT2D eigenvalue weighted by Gasteiger charge is -2.34. The van der Waals surface area contributed by atoms with Crippen LogP contribution in [-0.2, 0) is 14.3 Å². The highest BCUT2D eigenvalue weighted by Crippen LogP contribution is 2.27. The van der Waals surface area contributed by atoms with Crippen molar-refractivity contribution < 1.29 is 23.0 Å². The highest BCUT2D eigenvalue weighted by Gasteiger charge is 2.29. The van der Waals surface area contributed by atoms with Gasteiger partial charge in [0.1, 0.15) is 6.10 Å². The van der Waals surface area contributed by atoms with E-state index in [0.717, 1.165) is 19.0 Å². The van der Waals surface area contributed by atoms with Crippen LogP contribution in [-0.4, -0.2) is 51.0 Å². The minimum absolute atomic E-state index is 0. The van der Waals surface area contributed by atoms with E-state index < -0.39 is 17.7 Å². The molecule has 1 aliphatic heterocycles. The average molecular weight is 393 g/mol. The summed E-state index contributed by atoms with van der Waals surface area (Å²) in [5.41, 5.74) is 0.690. The molecule has 1 saturated heterocycles. The van der Waals surface area contributed by atoms with Crippen molar-refractivity contribution in [1.29, 1.82) is 0 Å². The van der Waals surface area contributed by atoms with Crippen LogP contribution in [0.2, 0.25) is 0 Å². The standard InChI is InChI=1S/C18H26F2N2O3.ClH/c1-3-24-8-9-25-12(2)18(23)22-17-11-21-7-6-14(17)13-4-5-15(19)16(20)10-13;/h4-5,10,12,14,17,21H,3,6-9,11H2,1-2H3,(H,22,23);1H. The summed E-state index contributed by atoms with van der Waals surface area (Å²) in [7, 11) is 0. The molecule has 0 radical (unpaired) electrons. The Morgan fingerprint density at radius 1 is 1.35 bits per heavy atom. The summed E-state index contributed by atoms with van der Waals surface area (Å²) in [6.45, 7) is 6.30. The number of halogens is 3. The molecule has 8 heteroatoms. The van der Waals surface area contributed by atoms with E-state index in [0.29, 0.717) is 31.9 Å². The summed E-state index contributed by atoms with van der Waals surface area (Å²) in [6.07, 6.45) is 0.128. The fourth-order valence-corrected chi connectivity index (χ4v) is 2.96. The van der Waals surface area contributed by atoms with E-state index in [9.17, 15) is 13.6 Å². The van der Waals surface area contributed by atoms with E-state index in [1.165, 1.54) is 6.07 Å². The van der Waals surface area contributed by atoms with Crippen LogP contribution in [0.1, 0.15) is 31.7 Å². The zero-order chi connectivity index (χ0) is 18.2. The molecular formula is C18H27ClF2N2O3. The Kier molecular flexibility index (Phi) is 10.0. The molecule has 0 spiro atoms. The summed E-state index contributed by atoms with van der Waals surface area (Å²) in [5, 5.41) is 6.18. The molecule has 1 heterocycles. The smallest absolute Gasteiger partial charge is 0.249 e. The highest BCUT2D eigenvalue weighted by atomic mass is 35.5. The number of ether oxygens (including phenoxy) is 2. The molecule has 2 N–H and O–H groups in total. The van der Waals surface area contributed by atoms with Crippen molar-refractivity contribution in [2.75, 3.05) is 32.9 Å². The number of hydrogen-bond acceptors (Lipinski definition) is 4. The number of rotatable bonds is 8. The number of piperidine rings is 1. The monoisotopic (exact) mass is 392 g/mol. The second-order valence-electron chi connectivity index (χ2n) is 6.10. The van der Waals surface area contributed by atoms with E-state index in [1.54, 1.807) is 13.0 Å². The van der Waals surface area contributed by atoms with Gasteiger partial charge in [-0.1, -0.05) is 6.07 Å². The van der Waals surface area contributed by atoms with Crippen molar-refractivity contribution >= 4 is 18.3 Å². The first-order chi connectivity index (χ1) is 12.0. The van der Waals surface area contributed by atoms with Crippen molar-refractivity contribution in [3.63, 3.8) is 0 Å². The maximum atomic E-state index is 13.5. The Morgan fingerprint density at radius 2 is 2.12 bits per heavy atom. The van der Waals surface area contributed by atoms with Gasteiger partial charge in [0, 0.05) is 25.1 Å². The third-order valence-electron chi connectivity index (χ3n) is 4.35. The van der Waals surface area contributed by atoms with Crippen LogP contribution >= 0.6 is 12.4 Å². The van der Waals surface area contributed by atoms with Gasteiger partial charge in [-0.15, -0.1) is 12.4 Å². The van der Waals surface area contributed by atoms with Crippen LogP contribution in [0.3, 0.4) is 0 Å². The van der Waals surface area contributed by atoms with Crippen molar-refractivity contribution in [2.24, 2.45) is 0 Å². The quantitative estimate of drug-likeness (QED) is 0.667. The number of benzene rings is 1. The van der Waals surface area contributed by atoms with Crippen LogP contribution in [0.25, 0.3) is 0 Å². The summed E-state index contributed by atoms with van der Waals surface area (Å²) in [5.74, 6) is -2.03. The molecule has 3 unspecified atom stereocenters. The van der Waals surface area contributed by atoms with Crippen molar-refractivity contribution in [1.82, 2.24) is 10.6 Å². The molecule has 5 nitrogen and oxygen atoms in total. The summed E-state index contributed by atoms with van der Waals surface area (Å²) in [6, 6.07) is 3.72. The third kappa shape index (κ3) is 6.46. The van der Waals surface area contributed by atoms with E-state index >= 15 is 0 Å². The molecule has 1 aromatic rings. The highest BCUT2D eigenvalue weighted by molar-refractivity contribution is 5.85. The molecule has 3 atom stereocenters. The first kappa shape index (κ1) is 22.8. The van der Waals surface area contributed by atoms with Crippen molar-refractivity contribution in [3.05, 3.63) is 35.4 Å². The van der Waals surface area contributed by atoms with Gasteiger partial charge in [-0.05, 0) is 44.5 Å². The van der Waals surface area contributed by atoms with Crippen LogP contribution in [0.5, 0.6) is 0 Å².